The molecule has 39 heavy (non-hydrogen) atoms. The second-order valence-electron chi connectivity index (χ2n) is 9.81. The molecular formula is C36H23NOS. The van der Waals surface area contributed by atoms with Crippen molar-refractivity contribution in [3.05, 3.63) is 140 Å². The van der Waals surface area contributed by atoms with E-state index in [2.05, 4.69) is 126 Å². The summed E-state index contributed by atoms with van der Waals surface area (Å²) < 4.78 is 9.11. The van der Waals surface area contributed by atoms with Crippen LogP contribution in [-0.2, 0) is 0 Å². The monoisotopic (exact) mass is 517 g/mol. The highest BCUT2D eigenvalue weighted by Crippen LogP contribution is 2.51. The Hall–Kier alpha value is -4.86. The highest BCUT2D eigenvalue weighted by atomic mass is 32.1. The molecule has 2 nitrogen and oxygen atoms in total. The van der Waals surface area contributed by atoms with Gasteiger partial charge < -0.3 is 9.64 Å². The van der Waals surface area contributed by atoms with Crippen molar-refractivity contribution >= 4 is 48.6 Å². The predicted octanol–water partition coefficient (Wildman–Crippen LogP) is 11.0. The fourth-order valence-corrected chi connectivity index (χ4v) is 6.70. The molecule has 0 amide bonds. The van der Waals surface area contributed by atoms with Gasteiger partial charge in [0.15, 0.2) is 11.5 Å². The van der Waals surface area contributed by atoms with Gasteiger partial charge in [-0.3, -0.25) is 0 Å². The standard InChI is InChI=1S/C36H23NOS/c1-2-8-24(9-3-1)25-14-18-28(19-15-25)37-31-11-5-6-12-33(31)38-34-22-26(17-21-32(34)37)27-16-20-30-29-10-4-7-13-35(29)39-36(30)23-27/h1-23H. The number of anilines is 3. The molecule has 1 aromatic heterocycles. The van der Waals surface area contributed by atoms with Gasteiger partial charge in [-0.15, -0.1) is 11.3 Å². The second kappa shape index (κ2) is 8.87. The molecule has 3 heteroatoms. The Kier molecular flexibility index (Phi) is 5.04. The Bertz CT molecular complexity index is 1990. The van der Waals surface area contributed by atoms with E-state index in [0.717, 1.165) is 34.1 Å². The molecule has 6 aromatic carbocycles. The molecule has 0 saturated carbocycles. The molecule has 1 aliphatic heterocycles. The molecule has 2 heterocycles. The molecule has 0 fully saturated rings. The Balaban J connectivity index is 1.22. The van der Waals surface area contributed by atoms with Crippen LogP contribution in [0.15, 0.2) is 140 Å². The summed E-state index contributed by atoms with van der Waals surface area (Å²) in [6.07, 6.45) is 0. The number of thiophene rings is 1. The van der Waals surface area contributed by atoms with E-state index in [-0.39, 0.29) is 0 Å². The summed E-state index contributed by atoms with van der Waals surface area (Å²) in [5.74, 6) is 1.71. The Morgan fingerprint density at radius 3 is 1.97 bits per heavy atom. The Morgan fingerprint density at radius 2 is 1.08 bits per heavy atom. The van der Waals surface area contributed by atoms with Gasteiger partial charge in [0, 0.05) is 25.9 Å². The zero-order valence-corrected chi connectivity index (χ0v) is 21.9. The minimum Gasteiger partial charge on any atom is -0.453 e. The minimum absolute atomic E-state index is 0.856. The molecule has 0 bridgehead atoms. The van der Waals surface area contributed by atoms with Crippen LogP contribution in [0.5, 0.6) is 11.5 Å². The maximum atomic E-state index is 6.48. The molecular weight excluding hydrogens is 494 g/mol. The zero-order valence-electron chi connectivity index (χ0n) is 21.0. The number of rotatable bonds is 3. The molecule has 1 aliphatic rings. The summed E-state index contributed by atoms with van der Waals surface area (Å²) >= 11 is 1.85. The lowest BCUT2D eigenvalue weighted by Crippen LogP contribution is -2.15. The van der Waals surface area contributed by atoms with Gasteiger partial charge in [0.1, 0.15) is 0 Å². The van der Waals surface area contributed by atoms with E-state index in [1.165, 1.54) is 36.9 Å². The van der Waals surface area contributed by atoms with E-state index >= 15 is 0 Å². The molecule has 0 saturated heterocycles. The number of ether oxygens (including phenoxy) is 1. The number of hydrogen-bond acceptors (Lipinski definition) is 3. The van der Waals surface area contributed by atoms with Crippen LogP contribution in [0.4, 0.5) is 17.1 Å². The van der Waals surface area contributed by atoms with E-state index in [0.29, 0.717) is 0 Å². The molecule has 0 N–H and O–H groups in total. The Labute approximate surface area is 231 Å². The average molecular weight is 518 g/mol. The van der Waals surface area contributed by atoms with Crippen molar-refractivity contribution in [2.45, 2.75) is 0 Å². The van der Waals surface area contributed by atoms with Crippen molar-refractivity contribution in [1.29, 1.82) is 0 Å². The van der Waals surface area contributed by atoms with Crippen molar-refractivity contribution in [2.24, 2.45) is 0 Å². The maximum Gasteiger partial charge on any atom is 0.152 e. The topological polar surface area (TPSA) is 12.5 Å². The smallest absolute Gasteiger partial charge is 0.152 e. The van der Waals surface area contributed by atoms with E-state index < -0.39 is 0 Å². The highest BCUT2D eigenvalue weighted by Gasteiger charge is 2.26. The molecule has 0 radical (unpaired) electrons. The third kappa shape index (κ3) is 3.70. The van der Waals surface area contributed by atoms with Gasteiger partial charge >= 0.3 is 0 Å². The number of fused-ring (bicyclic) bond motifs is 5. The first-order chi connectivity index (χ1) is 19.3. The van der Waals surface area contributed by atoms with Crippen LogP contribution in [0.1, 0.15) is 0 Å². The average Bonchev–Trinajstić information content (AvgIpc) is 3.38. The summed E-state index contributed by atoms with van der Waals surface area (Å²) in [5, 5.41) is 2.64. The molecule has 0 atom stereocenters. The fourth-order valence-electron chi connectivity index (χ4n) is 5.55. The quantitative estimate of drug-likeness (QED) is 0.231. The number of hydrogen-bond donors (Lipinski definition) is 0. The number of benzene rings is 6. The van der Waals surface area contributed by atoms with Crippen molar-refractivity contribution in [2.75, 3.05) is 4.90 Å². The fraction of sp³-hybridized carbons (Fsp3) is 0. The van der Waals surface area contributed by atoms with E-state index in [9.17, 15) is 0 Å². The van der Waals surface area contributed by atoms with E-state index in [1.54, 1.807) is 0 Å². The summed E-state index contributed by atoms with van der Waals surface area (Å²) in [4.78, 5) is 2.29. The van der Waals surface area contributed by atoms with Crippen LogP contribution >= 0.6 is 11.3 Å². The van der Waals surface area contributed by atoms with Crippen molar-refractivity contribution in [1.82, 2.24) is 0 Å². The van der Waals surface area contributed by atoms with Gasteiger partial charge in [0.25, 0.3) is 0 Å². The van der Waals surface area contributed by atoms with Gasteiger partial charge in [0.05, 0.1) is 11.4 Å². The lowest BCUT2D eigenvalue weighted by molar-refractivity contribution is 0.477. The highest BCUT2D eigenvalue weighted by molar-refractivity contribution is 7.25. The van der Waals surface area contributed by atoms with Gasteiger partial charge in [0.2, 0.25) is 0 Å². The lowest BCUT2D eigenvalue weighted by atomic mass is 10.0. The first kappa shape index (κ1) is 22.2. The molecule has 8 rings (SSSR count). The third-order valence-corrected chi connectivity index (χ3v) is 8.61. The second-order valence-corrected chi connectivity index (χ2v) is 10.9. The van der Waals surface area contributed by atoms with Crippen LogP contribution in [-0.4, -0.2) is 0 Å². The Morgan fingerprint density at radius 1 is 0.436 bits per heavy atom. The molecule has 0 spiro atoms. The lowest BCUT2D eigenvalue weighted by Gasteiger charge is -2.33. The van der Waals surface area contributed by atoms with E-state index in [4.69, 9.17) is 4.74 Å². The van der Waals surface area contributed by atoms with Crippen LogP contribution in [0.2, 0.25) is 0 Å². The van der Waals surface area contributed by atoms with Crippen molar-refractivity contribution < 1.29 is 4.74 Å². The zero-order chi connectivity index (χ0) is 25.8. The van der Waals surface area contributed by atoms with Crippen LogP contribution in [0.3, 0.4) is 0 Å². The number of para-hydroxylation sites is 2. The molecule has 0 unspecified atom stereocenters. The normalized spacial score (nSPS) is 12.3. The summed E-state index contributed by atoms with van der Waals surface area (Å²) in [6, 6.07) is 49.5. The summed E-state index contributed by atoms with van der Waals surface area (Å²) in [7, 11) is 0. The van der Waals surface area contributed by atoms with Gasteiger partial charge in [-0.25, -0.2) is 0 Å². The van der Waals surface area contributed by atoms with Gasteiger partial charge in [-0.05, 0) is 70.8 Å². The molecule has 0 aliphatic carbocycles. The maximum absolute atomic E-state index is 6.48. The molecule has 184 valence electrons. The predicted molar refractivity (Wildman–Crippen MR) is 165 cm³/mol. The number of nitrogens with zero attached hydrogens (tertiary/aromatic N) is 1. The van der Waals surface area contributed by atoms with Crippen LogP contribution in [0, 0.1) is 0 Å². The van der Waals surface area contributed by atoms with Crippen molar-refractivity contribution in [3.8, 4) is 33.8 Å². The van der Waals surface area contributed by atoms with Crippen LogP contribution < -0.4 is 9.64 Å². The van der Waals surface area contributed by atoms with Gasteiger partial charge in [-0.1, -0.05) is 91.0 Å². The van der Waals surface area contributed by atoms with Crippen molar-refractivity contribution in [3.63, 3.8) is 0 Å². The van der Waals surface area contributed by atoms with Crippen LogP contribution in [0.25, 0.3) is 42.4 Å². The van der Waals surface area contributed by atoms with Gasteiger partial charge in [-0.2, -0.15) is 0 Å². The van der Waals surface area contributed by atoms with E-state index in [1.807, 2.05) is 29.5 Å². The summed E-state index contributed by atoms with van der Waals surface area (Å²) in [6.45, 7) is 0. The largest absolute Gasteiger partial charge is 0.453 e. The third-order valence-electron chi connectivity index (χ3n) is 7.47. The first-order valence-corrected chi connectivity index (χ1v) is 13.9. The SMILES string of the molecule is c1ccc(-c2ccc(N3c4ccccc4Oc4cc(-c5ccc6c(c5)sc5ccccc56)ccc43)cc2)cc1. The minimum atomic E-state index is 0.856. The summed E-state index contributed by atoms with van der Waals surface area (Å²) in [5.41, 5.74) is 7.93. The molecule has 7 aromatic rings. The first-order valence-electron chi connectivity index (χ1n) is 13.1.